The maximum atomic E-state index is 12.1. The predicted octanol–water partition coefficient (Wildman–Crippen LogP) is 1.43. The molecule has 2 aromatic rings. The summed E-state index contributed by atoms with van der Waals surface area (Å²) in [6.45, 7) is 1.89. The summed E-state index contributed by atoms with van der Waals surface area (Å²) in [6, 6.07) is 11.7. The monoisotopic (exact) mass is 279 g/mol. The fraction of sp³-hybridized carbons (Fsp3) is 0.0625. The number of carboxylic acid groups (broad SMARTS) is 1. The van der Waals surface area contributed by atoms with E-state index in [2.05, 4.69) is 10.3 Å². The molecular weight excluding hydrogens is 268 g/mol. The molecule has 5 nitrogen and oxygen atoms in total. The van der Waals surface area contributed by atoms with Gasteiger partial charge in [-0.15, -0.1) is 0 Å². The standard InChI is InChI=1S/C16H12N2O3/c1-9-5-4-7-11-13(9)18-15(19)14(11)17-12-8-3-2-6-10(12)16(20)21/h2-8H,1H3,(H,20,21)(H,17,18,19)/p-1. The van der Waals surface area contributed by atoms with Gasteiger partial charge in [-0.05, 0) is 18.6 Å². The Morgan fingerprint density at radius 1 is 1.14 bits per heavy atom. The third kappa shape index (κ3) is 2.18. The molecule has 21 heavy (non-hydrogen) atoms. The van der Waals surface area contributed by atoms with Gasteiger partial charge in [-0.1, -0.05) is 36.4 Å². The number of para-hydroxylation sites is 2. The summed E-state index contributed by atoms with van der Waals surface area (Å²) in [7, 11) is 0. The van der Waals surface area contributed by atoms with Crippen LogP contribution in [-0.2, 0) is 4.79 Å². The zero-order valence-electron chi connectivity index (χ0n) is 11.2. The Labute approximate surface area is 121 Å². The van der Waals surface area contributed by atoms with Crippen LogP contribution in [0.3, 0.4) is 0 Å². The van der Waals surface area contributed by atoms with Crippen molar-refractivity contribution in [2.45, 2.75) is 6.92 Å². The van der Waals surface area contributed by atoms with Gasteiger partial charge in [0.2, 0.25) is 0 Å². The van der Waals surface area contributed by atoms with Gasteiger partial charge in [0.1, 0.15) is 5.71 Å². The summed E-state index contributed by atoms with van der Waals surface area (Å²) < 4.78 is 0. The van der Waals surface area contributed by atoms with E-state index < -0.39 is 5.97 Å². The Morgan fingerprint density at radius 3 is 2.67 bits per heavy atom. The van der Waals surface area contributed by atoms with Gasteiger partial charge in [0.05, 0.1) is 17.3 Å². The van der Waals surface area contributed by atoms with Crippen molar-refractivity contribution in [1.29, 1.82) is 0 Å². The zero-order chi connectivity index (χ0) is 15.0. The molecular formula is C16H11N2O3-. The zero-order valence-corrected chi connectivity index (χ0v) is 11.2. The number of aromatic carboxylic acids is 1. The van der Waals surface area contributed by atoms with Gasteiger partial charge in [0.25, 0.3) is 5.91 Å². The van der Waals surface area contributed by atoms with Crippen LogP contribution in [0.25, 0.3) is 0 Å². The highest BCUT2D eigenvalue weighted by molar-refractivity contribution is 6.54. The molecule has 2 aromatic carbocycles. The Hall–Kier alpha value is -2.95. The van der Waals surface area contributed by atoms with Crippen molar-refractivity contribution in [3.63, 3.8) is 0 Å². The van der Waals surface area contributed by atoms with Crippen molar-refractivity contribution in [3.05, 3.63) is 59.2 Å². The minimum atomic E-state index is -1.32. The van der Waals surface area contributed by atoms with Crippen molar-refractivity contribution in [2.75, 3.05) is 5.32 Å². The van der Waals surface area contributed by atoms with Crippen LogP contribution in [0.2, 0.25) is 0 Å². The summed E-state index contributed by atoms with van der Waals surface area (Å²) in [5.41, 5.74) is 2.69. The number of nitrogens with one attached hydrogen (secondary N) is 1. The van der Waals surface area contributed by atoms with Gasteiger partial charge in [-0.3, -0.25) is 4.79 Å². The highest BCUT2D eigenvalue weighted by Gasteiger charge is 2.27. The summed E-state index contributed by atoms with van der Waals surface area (Å²) in [5.74, 6) is -1.66. The third-order valence-electron chi connectivity index (χ3n) is 3.34. The number of anilines is 1. The van der Waals surface area contributed by atoms with Gasteiger partial charge in [0, 0.05) is 11.1 Å². The van der Waals surface area contributed by atoms with Crippen molar-refractivity contribution in [1.82, 2.24) is 0 Å². The fourth-order valence-electron chi connectivity index (χ4n) is 2.30. The minimum absolute atomic E-state index is 0.0427. The SMILES string of the molecule is Cc1cccc2c1NC(=O)C2=Nc1ccccc1C(=O)[O-]. The molecule has 0 bridgehead atoms. The topological polar surface area (TPSA) is 81.6 Å². The first kappa shape index (κ1) is 13.1. The van der Waals surface area contributed by atoms with Crippen LogP contribution in [0, 0.1) is 6.92 Å². The molecule has 0 fully saturated rings. The predicted molar refractivity (Wildman–Crippen MR) is 76.8 cm³/mol. The van der Waals surface area contributed by atoms with Crippen LogP contribution in [0.5, 0.6) is 0 Å². The molecule has 0 saturated heterocycles. The Kier molecular flexibility index (Phi) is 3.02. The van der Waals surface area contributed by atoms with Crippen LogP contribution in [0.15, 0.2) is 47.5 Å². The lowest BCUT2D eigenvalue weighted by atomic mass is 10.1. The molecule has 0 spiro atoms. The number of carbonyl (C=O) groups excluding carboxylic acids is 2. The second kappa shape index (κ2) is 4.86. The molecule has 1 aliphatic rings. The van der Waals surface area contributed by atoms with Crippen molar-refractivity contribution < 1.29 is 14.7 Å². The van der Waals surface area contributed by atoms with Gasteiger partial charge in [-0.2, -0.15) is 0 Å². The second-order valence-corrected chi connectivity index (χ2v) is 4.72. The number of carboxylic acids is 1. The van der Waals surface area contributed by atoms with Crippen LogP contribution >= 0.6 is 0 Å². The number of rotatable bonds is 2. The van der Waals surface area contributed by atoms with E-state index in [-0.39, 0.29) is 22.9 Å². The maximum Gasteiger partial charge on any atom is 0.275 e. The normalized spacial score (nSPS) is 14.9. The van der Waals surface area contributed by atoms with Gasteiger partial charge in [-0.25, -0.2) is 4.99 Å². The number of hydrogen-bond acceptors (Lipinski definition) is 4. The van der Waals surface area contributed by atoms with E-state index in [9.17, 15) is 14.7 Å². The van der Waals surface area contributed by atoms with E-state index >= 15 is 0 Å². The molecule has 1 N–H and O–H groups in total. The van der Waals surface area contributed by atoms with Crippen molar-refractivity contribution in [2.24, 2.45) is 4.99 Å². The lowest BCUT2D eigenvalue weighted by Gasteiger charge is -2.06. The third-order valence-corrected chi connectivity index (χ3v) is 3.34. The lowest BCUT2D eigenvalue weighted by molar-refractivity contribution is -0.254. The summed E-state index contributed by atoms with van der Waals surface area (Å²) in [4.78, 5) is 27.4. The Morgan fingerprint density at radius 2 is 1.90 bits per heavy atom. The summed E-state index contributed by atoms with van der Waals surface area (Å²) in [5, 5.41) is 13.8. The maximum absolute atomic E-state index is 12.1. The number of nitrogens with zero attached hydrogens (tertiary/aromatic N) is 1. The van der Waals surface area contributed by atoms with Gasteiger partial charge < -0.3 is 15.2 Å². The molecule has 5 heteroatoms. The van der Waals surface area contributed by atoms with Crippen LogP contribution in [0.4, 0.5) is 11.4 Å². The molecule has 0 aromatic heterocycles. The number of fused-ring (bicyclic) bond motifs is 1. The van der Waals surface area contributed by atoms with E-state index in [1.807, 2.05) is 19.1 Å². The average Bonchev–Trinajstić information content (AvgIpc) is 2.78. The first-order valence-corrected chi connectivity index (χ1v) is 6.38. The first-order chi connectivity index (χ1) is 10.1. The first-order valence-electron chi connectivity index (χ1n) is 6.38. The van der Waals surface area contributed by atoms with Crippen molar-refractivity contribution in [3.8, 4) is 0 Å². The molecule has 0 atom stereocenters. The second-order valence-electron chi connectivity index (χ2n) is 4.72. The largest absolute Gasteiger partial charge is 0.545 e. The molecule has 1 amide bonds. The minimum Gasteiger partial charge on any atom is -0.545 e. The molecule has 0 radical (unpaired) electrons. The van der Waals surface area contributed by atoms with E-state index in [4.69, 9.17) is 0 Å². The average molecular weight is 279 g/mol. The smallest absolute Gasteiger partial charge is 0.275 e. The van der Waals surface area contributed by atoms with Crippen LogP contribution in [-0.4, -0.2) is 17.6 Å². The van der Waals surface area contributed by atoms with E-state index in [1.165, 1.54) is 6.07 Å². The summed E-state index contributed by atoms with van der Waals surface area (Å²) >= 11 is 0. The van der Waals surface area contributed by atoms with E-state index in [0.29, 0.717) is 11.3 Å². The Bertz CT molecular complexity index is 794. The molecule has 0 unspecified atom stereocenters. The van der Waals surface area contributed by atoms with Crippen molar-refractivity contribution >= 4 is 29.0 Å². The number of carbonyl (C=O) groups is 2. The molecule has 3 rings (SSSR count). The van der Waals surface area contributed by atoms with E-state index in [1.54, 1.807) is 24.3 Å². The number of amides is 1. The molecule has 104 valence electrons. The fourth-order valence-corrected chi connectivity index (χ4v) is 2.30. The molecule has 0 saturated carbocycles. The van der Waals surface area contributed by atoms with E-state index in [0.717, 1.165) is 5.56 Å². The quantitative estimate of drug-likeness (QED) is 0.902. The number of hydrogen-bond donors (Lipinski definition) is 1. The van der Waals surface area contributed by atoms with Crippen LogP contribution in [0.1, 0.15) is 21.5 Å². The highest BCUT2D eigenvalue weighted by atomic mass is 16.4. The highest BCUT2D eigenvalue weighted by Crippen LogP contribution is 2.29. The van der Waals surface area contributed by atoms with Gasteiger partial charge >= 0.3 is 0 Å². The lowest BCUT2D eigenvalue weighted by Crippen LogP contribution is -2.22. The molecule has 1 heterocycles. The molecule has 0 aliphatic carbocycles. The number of benzene rings is 2. The number of aryl methyl sites for hydroxylation is 1. The van der Waals surface area contributed by atoms with Crippen LogP contribution < -0.4 is 10.4 Å². The molecule has 1 aliphatic heterocycles. The number of aliphatic imine (C=N–C) groups is 1. The summed E-state index contributed by atoms with van der Waals surface area (Å²) in [6.07, 6.45) is 0. The Balaban J connectivity index is 2.16. The van der Waals surface area contributed by atoms with Gasteiger partial charge in [0.15, 0.2) is 0 Å².